The minimum atomic E-state index is -2.81. The third-order valence-corrected chi connectivity index (χ3v) is 5.79. The molecule has 7 nitrogen and oxygen atoms in total. The van der Waals surface area contributed by atoms with Crippen LogP contribution in [-0.2, 0) is 9.84 Å². The molecule has 3 rings (SSSR count). The van der Waals surface area contributed by atoms with Gasteiger partial charge in [0.25, 0.3) is 0 Å². The molecule has 0 spiro atoms. The average Bonchev–Trinajstić information content (AvgIpc) is 2.79. The van der Waals surface area contributed by atoms with E-state index in [9.17, 15) is 8.42 Å². The highest BCUT2D eigenvalue weighted by Gasteiger charge is 2.33. The van der Waals surface area contributed by atoms with E-state index in [4.69, 9.17) is 5.73 Å². The number of anilines is 2. The van der Waals surface area contributed by atoms with Crippen LogP contribution in [0.1, 0.15) is 6.42 Å². The molecular weight excluding hydrogens is 278 g/mol. The molecule has 0 aromatic carbocycles. The Hall–Kier alpha value is -1.41. The van der Waals surface area contributed by atoms with E-state index in [1.165, 1.54) is 6.33 Å². The minimum Gasteiger partial charge on any atom is -0.384 e. The van der Waals surface area contributed by atoms with Gasteiger partial charge in [0.1, 0.15) is 18.0 Å². The van der Waals surface area contributed by atoms with E-state index in [0.29, 0.717) is 17.3 Å². The van der Waals surface area contributed by atoms with Crippen LogP contribution in [0.25, 0.3) is 0 Å². The first kappa shape index (κ1) is 13.6. The second-order valence-corrected chi connectivity index (χ2v) is 7.61. The summed E-state index contributed by atoms with van der Waals surface area (Å²) in [5.74, 6) is 1.96. The largest absolute Gasteiger partial charge is 0.384 e. The maximum absolute atomic E-state index is 11.5. The SMILES string of the molecule is Nc1cc(N2CCN(C3CCS(=O)(=O)C3)CC2)ncn1. The second-order valence-electron chi connectivity index (χ2n) is 5.38. The van der Waals surface area contributed by atoms with Crippen LogP contribution in [0.2, 0.25) is 0 Å². The molecule has 2 N–H and O–H groups in total. The zero-order chi connectivity index (χ0) is 14.2. The van der Waals surface area contributed by atoms with Gasteiger partial charge >= 0.3 is 0 Å². The van der Waals surface area contributed by atoms with Crippen molar-refractivity contribution in [2.24, 2.45) is 0 Å². The van der Waals surface area contributed by atoms with Crippen LogP contribution in [0.15, 0.2) is 12.4 Å². The van der Waals surface area contributed by atoms with Crippen LogP contribution in [-0.4, -0.2) is 67.0 Å². The highest BCUT2D eigenvalue weighted by molar-refractivity contribution is 7.91. The summed E-state index contributed by atoms with van der Waals surface area (Å²) in [5, 5.41) is 0. The van der Waals surface area contributed by atoms with Crippen LogP contribution in [0.4, 0.5) is 11.6 Å². The Morgan fingerprint density at radius 1 is 1.20 bits per heavy atom. The number of nitrogens with zero attached hydrogens (tertiary/aromatic N) is 4. The van der Waals surface area contributed by atoms with Crippen molar-refractivity contribution in [2.45, 2.75) is 12.5 Å². The van der Waals surface area contributed by atoms with E-state index in [2.05, 4.69) is 19.8 Å². The summed E-state index contributed by atoms with van der Waals surface area (Å²) in [4.78, 5) is 12.6. The van der Waals surface area contributed by atoms with Crippen molar-refractivity contribution < 1.29 is 8.42 Å². The summed E-state index contributed by atoms with van der Waals surface area (Å²) < 4.78 is 23.1. The third-order valence-electron chi connectivity index (χ3n) is 4.04. The lowest BCUT2D eigenvalue weighted by Gasteiger charge is -2.38. The lowest BCUT2D eigenvalue weighted by atomic mass is 10.2. The van der Waals surface area contributed by atoms with E-state index in [1.54, 1.807) is 6.07 Å². The summed E-state index contributed by atoms with van der Waals surface area (Å²) in [6.45, 7) is 3.41. The maximum atomic E-state index is 11.5. The van der Waals surface area contributed by atoms with Gasteiger partial charge in [-0.1, -0.05) is 0 Å². The van der Waals surface area contributed by atoms with Crippen LogP contribution >= 0.6 is 0 Å². The second kappa shape index (κ2) is 5.17. The van der Waals surface area contributed by atoms with Crippen LogP contribution in [0.3, 0.4) is 0 Å². The first-order chi connectivity index (χ1) is 9.53. The Morgan fingerprint density at radius 2 is 1.95 bits per heavy atom. The summed E-state index contributed by atoms with van der Waals surface area (Å²) in [5.41, 5.74) is 5.67. The molecule has 0 radical (unpaired) electrons. The summed E-state index contributed by atoms with van der Waals surface area (Å²) in [6, 6.07) is 1.97. The fraction of sp³-hybridized carbons (Fsp3) is 0.667. The van der Waals surface area contributed by atoms with Crippen molar-refractivity contribution in [3.63, 3.8) is 0 Å². The smallest absolute Gasteiger partial charge is 0.151 e. The lowest BCUT2D eigenvalue weighted by Crippen LogP contribution is -2.51. The molecule has 3 heterocycles. The standard InChI is InChI=1S/C12H19N5O2S/c13-11-7-12(15-9-14-11)17-4-2-16(3-5-17)10-1-6-20(18,19)8-10/h7,9-10H,1-6,8H2,(H2,13,14,15). The monoisotopic (exact) mass is 297 g/mol. The van der Waals surface area contributed by atoms with Gasteiger partial charge in [-0.15, -0.1) is 0 Å². The molecule has 0 bridgehead atoms. The van der Waals surface area contributed by atoms with Crippen molar-refractivity contribution in [3.8, 4) is 0 Å². The number of nitrogens with two attached hydrogens (primary N) is 1. The van der Waals surface area contributed by atoms with Crippen molar-refractivity contribution in [1.82, 2.24) is 14.9 Å². The van der Waals surface area contributed by atoms with Gasteiger partial charge in [-0.05, 0) is 6.42 Å². The lowest BCUT2D eigenvalue weighted by molar-refractivity contribution is 0.200. The van der Waals surface area contributed by atoms with E-state index in [1.807, 2.05) is 0 Å². The Bertz CT molecular complexity index is 583. The summed E-state index contributed by atoms with van der Waals surface area (Å²) in [7, 11) is -2.81. The van der Waals surface area contributed by atoms with Crippen LogP contribution in [0, 0.1) is 0 Å². The van der Waals surface area contributed by atoms with Gasteiger partial charge in [0.05, 0.1) is 11.5 Å². The third kappa shape index (κ3) is 2.85. The predicted octanol–water partition coefficient (Wildman–Crippen LogP) is -0.632. The molecular formula is C12H19N5O2S. The zero-order valence-corrected chi connectivity index (χ0v) is 12.1. The molecule has 1 aromatic rings. The highest BCUT2D eigenvalue weighted by atomic mass is 32.2. The number of nitrogen functional groups attached to an aromatic ring is 1. The molecule has 2 saturated heterocycles. The van der Waals surface area contributed by atoms with Gasteiger partial charge < -0.3 is 10.6 Å². The van der Waals surface area contributed by atoms with E-state index >= 15 is 0 Å². The van der Waals surface area contributed by atoms with Crippen LogP contribution < -0.4 is 10.6 Å². The molecule has 0 aliphatic carbocycles. The normalized spacial score (nSPS) is 26.8. The van der Waals surface area contributed by atoms with Crippen molar-refractivity contribution >= 4 is 21.5 Å². The van der Waals surface area contributed by atoms with E-state index in [-0.39, 0.29) is 6.04 Å². The molecule has 20 heavy (non-hydrogen) atoms. The van der Waals surface area contributed by atoms with Gasteiger partial charge in [0, 0.05) is 38.3 Å². The van der Waals surface area contributed by atoms with E-state index in [0.717, 1.165) is 38.4 Å². The first-order valence-electron chi connectivity index (χ1n) is 6.80. The maximum Gasteiger partial charge on any atom is 0.151 e. The average molecular weight is 297 g/mol. The summed E-state index contributed by atoms with van der Waals surface area (Å²) in [6.07, 6.45) is 2.24. The van der Waals surface area contributed by atoms with Gasteiger partial charge in [-0.3, -0.25) is 4.90 Å². The van der Waals surface area contributed by atoms with Crippen molar-refractivity contribution in [1.29, 1.82) is 0 Å². The Labute approximate surface area is 118 Å². The molecule has 0 saturated carbocycles. The number of hydrogen-bond acceptors (Lipinski definition) is 7. The number of hydrogen-bond donors (Lipinski definition) is 1. The first-order valence-corrected chi connectivity index (χ1v) is 8.62. The molecule has 8 heteroatoms. The van der Waals surface area contributed by atoms with Gasteiger partial charge in [0.2, 0.25) is 0 Å². The van der Waals surface area contributed by atoms with E-state index < -0.39 is 9.84 Å². The quantitative estimate of drug-likeness (QED) is 0.776. The fourth-order valence-electron chi connectivity index (χ4n) is 2.91. The topological polar surface area (TPSA) is 92.4 Å². The van der Waals surface area contributed by atoms with Crippen LogP contribution in [0.5, 0.6) is 0 Å². The molecule has 1 unspecified atom stereocenters. The molecule has 1 aromatic heterocycles. The molecule has 2 aliphatic rings. The van der Waals surface area contributed by atoms with Crippen molar-refractivity contribution in [3.05, 3.63) is 12.4 Å². The molecule has 110 valence electrons. The Kier molecular flexibility index (Phi) is 3.51. The number of piperazine rings is 1. The fourth-order valence-corrected chi connectivity index (χ4v) is 4.68. The Morgan fingerprint density at radius 3 is 2.55 bits per heavy atom. The van der Waals surface area contributed by atoms with Gasteiger partial charge in [-0.25, -0.2) is 18.4 Å². The zero-order valence-electron chi connectivity index (χ0n) is 11.3. The minimum absolute atomic E-state index is 0.192. The highest BCUT2D eigenvalue weighted by Crippen LogP contribution is 2.21. The predicted molar refractivity (Wildman–Crippen MR) is 77.3 cm³/mol. The van der Waals surface area contributed by atoms with Gasteiger partial charge in [-0.2, -0.15) is 0 Å². The van der Waals surface area contributed by atoms with Crippen molar-refractivity contribution in [2.75, 3.05) is 48.3 Å². The number of aromatic nitrogens is 2. The Balaban J connectivity index is 1.60. The molecule has 1 atom stereocenters. The number of sulfone groups is 1. The number of rotatable bonds is 2. The molecule has 2 aliphatic heterocycles. The van der Waals surface area contributed by atoms with Gasteiger partial charge in [0.15, 0.2) is 9.84 Å². The molecule has 2 fully saturated rings. The molecule has 0 amide bonds. The summed E-state index contributed by atoms with van der Waals surface area (Å²) >= 11 is 0.